The molecular formula is C17H31N3O2. The molecule has 2 aliphatic rings. The van der Waals surface area contributed by atoms with Crippen LogP contribution in [0.4, 0.5) is 0 Å². The van der Waals surface area contributed by atoms with E-state index in [2.05, 4.69) is 16.0 Å². The maximum absolute atomic E-state index is 11.7. The van der Waals surface area contributed by atoms with Gasteiger partial charge in [0.05, 0.1) is 0 Å². The molecule has 2 amide bonds. The minimum absolute atomic E-state index is 0.0864. The van der Waals surface area contributed by atoms with Gasteiger partial charge in [-0.2, -0.15) is 0 Å². The second kappa shape index (κ2) is 9.82. The fraction of sp³-hybridized carbons (Fsp3) is 0.882. The zero-order valence-electron chi connectivity index (χ0n) is 13.7. The SMILES string of the molecule is O=C(CCCNC(=O)C1CC1)NCCNC1CCCCCC1. The third kappa shape index (κ3) is 7.25. The molecule has 22 heavy (non-hydrogen) atoms. The van der Waals surface area contributed by atoms with Gasteiger partial charge in [0.1, 0.15) is 0 Å². The van der Waals surface area contributed by atoms with Gasteiger partial charge in [0.15, 0.2) is 0 Å². The highest BCUT2D eigenvalue weighted by molar-refractivity contribution is 5.81. The lowest BCUT2D eigenvalue weighted by Gasteiger charge is -2.16. The second-order valence-electron chi connectivity index (χ2n) is 6.66. The van der Waals surface area contributed by atoms with Gasteiger partial charge in [-0.1, -0.05) is 25.7 Å². The van der Waals surface area contributed by atoms with Crippen molar-refractivity contribution in [3.63, 3.8) is 0 Å². The molecule has 3 N–H and O–H groups in total. The summed E-state index contributed by atoms with van der Waals surface area (Å²) >= 11 is 0. The van der Waals surface area contributed by atoms with Gasteiger partial charge in [0.2, 0.25) is 11.8 Å². The Morgan fingerprint density at radius 1 is 0.818 bits per heavy atom. The van der Waals surface area contributed by atoms with Crippen molar-refractivity contribution < 1.29 is 9.59 Å². The van der Waals surface area contributed by atoms with E-state index >= 15 is 0 Å². The summed E-state index contributed by atoms with van der Waals surface area (Å²) in [5.41, 5.74) is 0. The molecule has 5 nitrogen and oxygen atoms in total. The van der Waals surface area contributed by atoms with Gasteiger partial charge in [-0.25, -0.2) is 0 Å². The predicted octanol–water partition coefficient (Wildman–Crippen LogP) is 1.72. The summed E-state index contributed by atoms with van der Waals surface area (Å²) in [7, 11) is 0. The van der Waals surface area contributed by atoms with Crippen molar-refractivity contribution in [3.05, 3.63) is 0 Å². The largest absolute Gasteiger partial charge is 0.356 e. The van der Waals surface area contributed by atoms with Crippen molar-refractivity contribution in [1.29, 1.82) is 0 Å². The van der Waals surface area contributed by atoms with Crippen LogP contribution in [0.2, 0.25) is 0 Å². The molecule has 2 rings (SSSR count). The van der Waals surface area contributed by atoms with E-state index in [0.717, 1.165) is 25.8 Å². The van der Waals surface area contributed by atoms with E-state index in [4.69, 9.17) is 0 Å². The van der Waals surface area contributed by atoms with E-state index in [1.54, 1.807) is 0 Å². The zero-order valence-corrected chi connectivity index (χ0v) is 13.7. The maximum Gasteiger partial charge on any atom is 0.223 e. The Kier molecular flexibility index (Phi) is 7.71. The highest BCUT2D eigenvalue weighted by Crippen LogP contribution is 2.28. The predicted molar refractivity (Wildman–Crippen MR) is 87.5 cm³/mol. The molecule has 0 saturated heterocycles. The van der Waals surface area contributed by atoms with Crippen molar-refractivity contribution in [1.82, 2.24) is 16.0 Å². The van der Waals surface area contributed by atoms with Crippen LogP contribution in [0.25, 0.3) is 0 Å². The molecule has 0 bridgehead atoms. The number of carbonyl (C=O) groups is 2. The molecule has 0 unspecified atom stereocenters. The molecule has 2 saturated carbocycles. The molecule has 2 aliphatic carbocycles. The molecule has 0 spiro atoms. The first-order chi connectivity index (χ1) is 10.8. The third-order valence-electron chi connectivity index (χ3n) is 4.56. The van der Waals surface area contributed by atoms with Gasteiger partial charge in [-0.05, 0) is 32.1 Å². The Morgan fingerprint density at radius 2 is 1.55 bits per heavy atom. The molecule has 126 valence electrons. The van der Waals surface area contributed by atoms with E-state index in [-0.39, 0.29) is 17.7 Å². The number of hydrogen-bond acceptors (Lipinski definition) is 3. The van der Waals surface area contributed by atoms with Crippen LogP contribution in [0, 0.1) is 5.92 Å². The van der Waals surface area contributed by atoms with Gasteiger partial charge in [-0.3, -0.25) is 9.59 Å². The third-order valence-corrected chi connectivity index (χ3v) is 4.56. The molecule has 0 aromatic carbocycles. The van der Waals surface area contributed by atoms with Gasteiger partial charge < -0.3 is 16.0 Å². The minimum atomic E-state index is 0.0864. The van der Waals surface area contributed by atoms with E-state index in [9.17, 15) is 9.59 Å². The van der Waals surface area contributed by atoms with Crippen LogP contribution in [0.5, 0.6) is 0 Å². The molecule has 0 heterocycles. The van der Waals surface area contributed by atoms with Crippen LogP contribution in [0.3, 0.4) is 0 Å². The van der Waals surface area contributed by atoms with Crippen molar-refractivity contribution in [2.24, 2.45) is 5.92 Å². The summed E-state index contributed by atoms with van der Waals surface area (Å²) in [6.07, 6.45) is 11.2. The molecular weight excluding hydrogens is 278 g/mol. The van der Waals surface area contributed by atoms with E-state index in [1.165, 1.54) is 38.5 Å². The lowest BCUT2D eigenvalue weighted by molar-refractivity contribution is -0.123. The Labute approximate surface area is 134 Å². The van der Waals surface area contributed by atoms with E-state index in [1.807, 2.05) is 0 Å². The van der Waals surface area contributed by atoms with Gasteiger partial charge in [0, 0.05) is 38.0 Å². The highest BCUT2D eigenvalue weighted by Gasteiger charge is 2.28. The summed E-state index contributed by atoms with van der Waals surface area (Å²) < 4.78 is 0. The fourth-order valence-electron chi connectivity index (χ4n) is 3.00. The smallest absolute Gasteiger partial charge is 0.223 e. The van der Waals surface area contributed by atoms with Gasteiger partial charge in [-0.15, -0.1) is 0 Å². The van der Waals surface area contributed by atoms with Crippen molar-refractivity contribution in [2.45, 2.75) is 70.3 Å². The highest BCUT2D eigenvalue weighted by atomic mass is 16.2. The van der Waals surface area contributed by atoms with Crippen LogP contribution in [0.1, 0.15) is 64.2 Å². The topological polar surface area (TPSA) is 70.2 Å². The van der Waals surface area contributed by atoms with Crippen LogP contribution in [-0.4, -0.2) is 37.5 Å². The first-order valence-corrected chi connectivity index (χ1v) is 9.03. The summed E-state index contributed by atoms with van der Waals surface area (Å²) in [4.78, 5) is 23.1. The van der Waals surface area contributed by atoms with Crippen LogP contribution in [0.15, 0.2) is 0 Å². The van der Waals surface area contributed by atoms with Crippen LogP contribution >= 0.6 is 0 Å². The quantitative estimate of drug-likeness (QED) is 0.449. The molecule has 5 heteroatoms. The van der Waals surface area contributed by atoms with Gasteiger partial charge >= 0.3 is 0 Å². The number of hydrogen-bond donors (Lipinski definition) is 3. The Morgan fingerprint density at radius 3 is 2.23 bits per heavy atom. The summed E-state index contributed by atoms with van der Waals surface area (Å²) in [6, 6.07) is 0.636. The standard InChI is InChI=1S/C17H31N3O2/c21-16(8-5-11-20-17(22)14-9-10-14)19-13-12-18-15-6-3-1-2-4-7-15/h14-15,18H,1-13H2,(H,19,21)(H,20,22). The zero-order chi connectivity index (χ0) is 15.6. The van der Waals surface area contributed by atoms with Gasteiger partial charge in [0.25, 0.3) is 0 Å². The van der Waals surface area contributed by atoms with E-state index < -0.39 is 0 Å². The molecule has 0 radical (unpaired) electrons. The van der Waals surface area contributed by atoms with Crippen LogP contribution in [-0.2, 0) is 9.59 Å². The molecule has 0 aliphatic heterocycles. The summed E-state index contributed by atoms with van der Waals surface area (Å²) in [5, 5.41) is 9.38. The number of nitrogens with one attached hydrogen (secondary N) is 3. The summed E-state index contributed by atoms with van der Waals surface area (Å²) in [5.74, 6) is 0.500. The normalized spacial score (nSPS) is 19.5. The Hall–Kier alpha value is -1.10. The average molecular weight is 309 g/mol. The van der Waals surface area contributed by atoms with Crippen molar-refractivity contribution in [3.8, 4) is 0 Å². The molecule has 0 aromatic rings. The second-order valence-corrected chi connectivity index (χ2v) is 6.66. The number of carbonyl (C=O) groups excluding carboxylic acids is 2. The Bertz CT molecular complexity index is 348. The first-order valence-electron chi connectivity index (χ1n) is 9.03. The monoisotopic (exact) mass is 309 g/mol. The first kappa shape index (κ1) is 17.3. The average Bonchev–Trinajstić information content (AvgIpc) is 3.35. The maximum atomic E-state index is 11.7. The van der Waals surface area contributed by atoms with Crippen molar-refractivity contribution >= 4 is 11.8 Å². The molecule has 0 aromatic heterocycles. The van der Waals surface area contributed by atoms with Crippen LogP contribution < -0.4 is 16.0 Å². The Balaban J connectivity index is 1.41. The van der Waals surface area contributed by atoms with E-state index in [0.29, 0.717) is 25.6 Å². The molecule has 2 fully saturated rings. The summed E-state index contributed by atoms with van der Waals surface area (Å²) in [6.45, 7) is 2.17. The minimum Gasteiger partial charge on any atom is -0.356 e. The number of rotatable bonds is 9. The lowest BCUT2D eigenvalue weighted by Crippen LogP contribution is -2.37. The molecule has 0 atom stereocenters. The number of amides is 2. The lowest BCUT2D eigenvalue weighted by atomic mass is 10.1. The van der Waals surface area contributed by atoms with Crippen molar-refractivity contribution in [2.75, 3.05) is 19.6 Å². The fourth-order valence-corrected chi connectivity index (χ4v) is 3.00.